The minimum atomic E-state index is -3.71. The second kappa shape index (κ2) is 6.29. The Morgan fingerprint density at radius 1 is 1.22 bits per heavy atom. The first-order valence-corrected chi connectivity index (χ1v) is 9.15. The van der Waals surface area contributed by atoms with Crippen molar-refractivity contribution in [3.8, 4) is 0 Å². The lowest BCUT2D eigenvalue weighted by Gasteiger charge is -2.22. The van der Waals surface area contributed by atoms with Gasteiger partial charge in [-0.15, -0.1) is 0 Å². The van der Waals surface area contributed by atoms with Crippen LogP contribution in [0.15, 0.2) is 47.4 Å². The van der Waals surface area contributed by atoms with Crippen molar-refractivity contribution in [2.24, 2.45) is 0 Å². The summed E-state index contributed by atoms with van der Waals surface area (Å²) in [5, 5.41) is 1.84. The van der Waals surface area contributed by atoms with Gasteiger partial charge in [-0.1, -0.05) is 30.3 Å². The highest BCUT2D eigenvalue weighted by atomic mass is 32.2. The van der Waals surface area contributed by atoms with Crippen LogP contribution in [0.2, 0.25) is 0 Å². The van der Waals surface area contributed by atoms with Crippen LogP contribution in [0.5, 0.6) is 0 Å². The number of rotatable bonds is 4. The summed E-state index contributed by atoms with van der Waals surface area (Å²) in [6.07, 6.45) is 1.17. The zero-order valence-electron chi connectivity index (χ0n) is 12.9. The Labute approximate surface area is 135 Å². The third-order valence-corrected chi connectivity index (χ3v) is 5.99. The quantitative estimate of drug-likeness (QED) is 0.807. The van der Waals surface area contributed by atoms with Crippen LogP contribution in [0.4, 0.5) is 0 Å². The number of nitrogens with zero attached hydrogens (tertiary/aromatic N) is 1. The molecule has 1 atom stereocenters. The molecule has 0 amide bonds. The van der Waals surface area contributed by atoms with E-state index in [9.17, 15) is 13.2 Å². The van der Waals surface area contributed by atoms with Crippen molar-refractivity contribution in [1.82, 2.24) is 4.31 Å². The maximum absolute atomic E-state index is 12.9. The summed E-state index contributed by atoms with van der Waals surface area (Å²) in [5.41, 5.74) is 0. The van der Waals surface area contributed by atoms with E-state index in [0.29, 0.717) is 19.4 Å². The number of carbonyl (C=O) groups is 1. The number of benzene rings is 2. The lowest BCUT2D eigenvalue weighted by atomic mass is 10.1. The second-order valence-electron chi connectivity index (χ2n) is 5.53. The highest BCUT2D eigenvalue weighted by Gasteiger charge is 2.40. The topological polar surface area (TPSA) is 63.7 Å². The molecular weight excluding hydrogens is 314 g/mol. The minimum Gasteiger partial charge on any atom is -0.465 e. The molecule has 1 aliphatic heterocycles. The maximum atomic E-state index is 12.9. The first kappa shape index (κ1) is 16.0. The smallest absolute Gasteiger partial charge is 0.324 e. The Kier molecular flexibility index (Phi) is 4.37. The first-order chi connectivity index (χ1) is 11.0. The summed E-state index contributed by atoms with van der Waals surface area (Å²) in [6.45, 7) is 2.31. The van der Waals surface area contributed by atoms with Crippen LogP contribution >= 0.6 is 0 Å². The molecule has 5 nitrogen and oxygen atoms in total. The Morgan fingerprint density at radius 2 is 1.96 bits per heavy atom. The van der Waals surface area contributed by atoms with Crippen LogP contribution < -0.4 is 0 Å². The fourth-order valence-corrected chi connectivity index (χ4v) is 4.65. The molecule has 0 unspecified atom stereocenters. The fourth-order valence-electron chi connectivity index (χ4n) is 2.97. The van der Waals surface area contributed by atoms with E-state index in [2.05, 4.69) is 0 Å². The fraction of sp³-hybridized carbons (Fsp3) is 0.353. The van der Waals surface area contributed by atoms with E-state index in [1.165, 1.54) is 4.31 Å². The van der Waals surface area contributed by atoms with Gasteiger partial charge >= 0.3 is 5.97 Å². The first-order valence-electron chi connectivity index (χ1n) is 7.71. The number of carbonyl (C=O) groups excluding carboxylic acids is 1. The average Bonchev–Trinajstić information content (AvgIpc) is 3.05. The monoisotopic (exact) mass is 333 g/mol. The molecule has 1 aliphatic rings. The van der Waals surface area contributed by atoms with E-state index in [1.807, 2.05) is 24.3 Å². The van der Waals surface area contributed by atoms with Gasteiger partial charge in [-0.2, -0.15) is 4.31 Å². The standard InChI is InChI=1S/C17H19NO4S/c1-2-22-17(19)16-8-5-11-18(16)23(20,21)15-10-9-13-6-3-4-7-14(13)12-15/h3-4,6-7,9-10,12,16H,2,5,8,11H2,1H3/t16-/m1/s1. The Balaban J connectivity index is 1.97. The minimum absolute atomic E-state index is 0.215. The van der Waals surface area contributed by atoms with Gasteiger partial charge in [0.15, 0.2) is 0 Å². The van der Waals surface area contributed by atoms with Crippen molar-refractivity contribution >= 4 is 26.8 Å². The summed E-state index contributed by atoms with van der Waals surface area (Å²) in [4.78, 5) is 12.2. The summed E-state index contributed by atoms with van der Waals surface area (Å²) in [5.74, 6) is -0.464. The van der Waals surface area contributed by atoms with Gasteiger partial charge in [0.25, 0.3) is 0 Å². The third kappa shape index (κ3) is 2.96. The molecule has 0 spiro atoms. The lowest BCUT2D eigenvalue weighted by molar-refractivity contribution is -0.146. The molecule has 0 radical (unpaired) electrons. The van der Waals surface area contributed by atoms with Crippen LogP contribution in [0.3, 0.4) is 0 Å². The van der Waals surface area contributed by atoms with Crippen LogP contribution in [0, 0.1) is 0 Å². The molecule has 2 aromatic rings. The third-order valence-electron chi connectivity index (χ3n) is 4.09. The van der Waals surface area contributed by atoms with Crippen molar-refractivity contribution in [3.05, 3.63) is 42.5 Å². The highest BCUT2D eigenvalue weighted by molar-refractivity contribution is 7.89. The molecule has 122 valence electrons. The predicted molar refractivity (Wildman–Crippen MR) is 87.5 cm³/mol. The molecule has 2 aromatic carbocycles. The van der Waals surface area contributed by atoms with E-state index >= 15 is 0 Å². The summed E-state index contributed by atoms with van der Waals surface area (Å²) in [6, 6.07) is 11.9. The molecule has 0 saturated carbocycles. The van der Waals surface area contributed by atoms with Crippen molar-refractivity contribution in [2.45, 2.75) is 30.7 Å². The van der Waals surface area contributed by atoms with E-state index < -0.39 is 22.0 Å². The SMILES string of the molecule is CCOC(=O)[C@H]1CCCN1S(=O)(=O)c1ccc2ccccc2c1. The van der Waals surface area contributed by atoms with Crippen LogP contribution in [-0.4, -0.2) is 37.9 Å². The molecule has 0 bridgehead atoms. The van der Waals surface area contributed by atoms with Gasteiger partial charge < -0.3 is 4.74 Å². The lowest BCUT2D eigenvalue weighted by Crippen LogP contribution is -2.41. The maximum Gasteiger partial charge on any atom is 0.324 e. The molecule has 1 fully saturated rings. The second-order valence-corrected chi connectivity index (χ2v) is 7.43. The summed E-state index contributed by atoms with van der Waals surface area (Å²) in [7, 11) is -3.71. The van der Waals surface area contributed by atoms with Crippen molar-refractivity contribution in [3.63, 3.8) is 0 Å². The molecule has 1 heterocycles. The summed E-state index contributed by atoms with van der Waals surface area (Å²) < 4.78 is 32.1. The molecule has 23 heavy (non-hydrogen) atoms. The zero-order valence-corrected chi connectivity index (χ0v) is 13.8. The number of ether oxygens (including phenoxy) is 1. The number of sulfonamides is 1. The molecular formula is C17H19NO4S. The van der Waals surface area contributed by atoms with Crippen molar-refractivity contribution < 1.29 is 17.9 Å². The molecule has 0 N–H and O–H groups in total. The van der Waals surface area contributed by atoms with Gasteiger partial charge in [-0.25, -0.2) is 8.42 Å². The largest absolute Gasteiger partial charge is 0.465 e. The van der Waals surface area contributed by atoms with E-state index in [4.69, 9.17) is 4.74 Å². The molecule has 1 saturated heterocycles. The Hall–Kier alpha value is -1.92. The van der Waals surface area contributed by atoms with Gasteiger partial charge in [-0.05, 0) is 42.7 Å². The Bertz CT molecular complexity index is 831. The van der Waals surface area contributed by atoms with E-state index in [1.54, 1.807) is 25.1 Å². The van der Waals surface area contributed by atoms with E-state index in [0.717, 1.165) is 10.8 Å². The van der Waals surface area contributed by atoms with Gasteiger partial charge in [0.2, 0.25) is 10.0 Å². The van der Waals surface area contributed by atoms with Gasteiger partial charge in [0.1, 0.15) is 6.04 Å². The van der Waals surface area contributed by atoms with Crippen LogP contribution in [-0.2, 0) is 19.6 Å². The number of esters is 1. The number of fused-ring (bicyclic) bond motifs is 1. The summed E-state index contributed by atoms with van der Waals surface area (Å²) >= 11 is 0. The predicted octanol–water partition coefficient (Wildman–Crippen LogP) is 2.56. The Morgan fingerprint density at radius 3 is 2.70 bits per heavy atom. The number of hydrogen-bond acceptors (Lipinski definition) is 4. The van der Waals surface area contributed by atoms with Crippen LogP contribution in [0.1, 0.15) is 19.8 Å². The van der Waals surface area contributed by atoms with Crippen LogP contribution in [0.25, 0.3) is 10.8 Å². The molecule has 0 aromatic heterocycles. The van der Waals surface area contributed by atoms with Gasteiger partial charge in [0, 0.05) is 6.54 Å². The highest BCUT2D eigenvalue weighted by Crippen LogP contribution is 2.28. The molecule has 6 heteroatoms. The van der Waals surface area contributed by atoms with Gasteiger partial charge in [0.05, 0.1) is 11.5 Å². The van der Waals surface area contributed by atoms with Crippen molar-refractivity contribution in [1.29, 1.82) is 0 Å². The van der Waals surface area contributed by atoms with E-state index in [-0.39, 0.29) is 11.5 Å². The molecule has 0 aliphatic carbocycles. The average molecular weight is 333 g/mol. The normalized spacial score (nSPS) is 19.1. The number of hydrogen-bond donors (Lipinski definition) is 0. The van der Waals surface area contributed by atoms with Gasteiger partial charge in [-0.3, -0.25) is 4.79 Å². The zero-order chi connectivity index (χ0) is 16.4. The van der Waals surface area contributed by atoms with Crippen molar-refractivity contribution in [2.75, 3.05) is 13.2 Å². The molecule has 3 rings (SSSR count).